The molecule has 2 amide bonds. The largest absolute Gasteiger partial charge is 0.497 e. The molecule has 1 aliphatic carbocycles. The van der Waals surface area contributed by atoms with Gasteiger partial charge in [0.25, 0.3) is 5.91 Å². The molecule has 5 rings (SSSR count). The van der Waals surface area contributed by atoms with E-state index in [1.165, 1.54) is 18.1 Å². The number of alkyl halides is 3. The number of fused-ring (bicyclic) bond motifs is 3. The number of ether oxygens (including phenoxy) is 2. The lowest BCUT2D eigenvalue weighted by Gasteiger charge is -2.41. The molecular weight excluding hydrogens is 565 g/mol. The van der Waals surface area contributed by atoms with Gasteiger partial charge < -0.3 is 29.9 Å². The van der Waals surface area contributed by atoms with Crippen LogP contribution in [0.1, 0.15) is 33.0 Å². The van der Waals surface area contributed by atoms with Gasteiger partial charge in [-0.15, -0.1) is 0 Å². The normalized spacial score (nSPS) is 20.7. The summed E-state index contributed by atoms with van der Waals surface area (Å²) in [5.41, 5.74) is 0.871. The predicted octanol–water partition coefficient (Wildman–Crippen LogP) is 3.72. The monoisotopic (exact) mass is 596 g/mol. The Kier molecular flexibility index (Phi) is 8.74. The maximum absolute atomic E-state index is 14.0. The van der Waals surface area contributed by atoms with Gasteiger partial charge in [-0.2, -0.15) is 13.2 Å². The zero-order valence-corrected chi connectivity index (χ0v) is 23.3. The van der Waals surface area contributed by atoms with Gasteiger partial charge in [0, 0.05) is 29.8 Å². The van der Waals surface area contributed by atoms with Crippen molar-refractivity contribution in [2.75, 3.05) is 26.8 Å². The lowest BCUT2D eigenvalue weighted by atomic mass is 9.77. The highest BCUT2D eigenvalue weighted by Crippen LogP contribution is 2.47. The van der Waals surface area contributed by atoms with Gasteiger partial charge in [-0.1, -0.05) is 30.3 Å². The van der Waals surface area contributed by atoms with Gasteiger partial charge in [-0.3, -0.25) is 9.59 Å². The minimum Gasteiger partial charge on any atom is -0.497 e. The zero-order chi connectivity index (χ0) is 30.7. The molecule has 0 bridgehead atoms. The van der Waals surface area contributed by atoms with Crippen LogP contribution in [0, 0.1) is 0 Å². The summed E-state index contributed by atoms with van der Waals surface area (Å²) in [5.74, 6) is -0.645. The first-order valence-corrected chi connectivity index (χ1v) is 13.8. The number of carbonyl (C=O) groups excluding carboxylic acids is 2. The van der Waals surface area contributed by atoms with E-state index in [1.54, 1.807) is 42.5 Å². The average Bonchev–Trinajstić information content (AvgIpc) is 3.40. The van der Waals surface area contributed by atoms with Gasteiger partial charge in [-0.05, 0) is 60.5 Å². The molecule has 1 aliphatic heterocycles. The van der Waals surface area contributed by atoms with Crippen molar-refractivity contribution in [1.29, 1.82) is 0 Å². The Morgan fingerprint density at radius 1 is 1.05 bits per heavy atom. The van der Waals surface area contributed by atoms with E-state index < -0.39 is 47.7 Å². The second-order valence-corrected chi connectivity index (χ2v) is 10.4. The second-order valence-electron chi connectivity index (χ2n) is 10.4. The van der Waals surface area contributed by atoms with Crippen molar-refractivity contribution >= 4 is 11.8 Å². The molecule has 11 heteroatoms. The van der Waals surface area contributed by atoms with Crippen molar-refractivity contribution in [3.8, 4) is 11.5 Å². The van der Waals surface area contributed by atoms with Crippen LogP contribution in [-0.4, -0.2) is 72.0 Å². The highest BCUT2D eigenvalue weighted by atomic mass is 19.4. The fourth-order valence-electron chi connectivity index (χ4n) is 5.62. The Morgan fingerprint density at radius 3 is 2.49 bits per heavy atom. The average molecular weight is 597 g/mol. The van der Waals surface area contributed by atoms with Crippen LogP contribution in [0.15, 0.2) is 84.4 Å². The molecule has 3 aromatic rings. The minimum atomic E-state index is -4.57. The first kappa shape index (κ1) is 30.1. The molecule has 0 saturated carbocycles. The summed E-state index contributed by atoms with van der Waals surface area (Å²) in [6.07, 6.45) is -4.92. The minimum absolute atomic E-state index is 0.00662. The topological polar surface area (TPSA) is 108 Å². The van der Waals surface area contributed by atoms with Gasteiger partial charge >= 0.3 is 6.18 Å². The number of halogens is 3. The predicted molar refractivity (Wildman–Crippen MR) is 151 cm³/mol. The third-order valence-corrected chi connectivity index (χ3v) is 7.73. The first-order chi connectivity index (χ1) is 20.6. The van der Waals surface area contributed by atoms with Crippen molar-refractivity contribution in [2.24, 2.45) is 0 Å². The summed E-state index contributed by atoms with van der Waals surface area (Å²) in [7, 11) is 1.53. The van der Waals surface area contributed by atoms with Crippen LogP contribution < -0.4 is 14.8 Å². The number of methoxy groups -OCH3 is 1. The number of hydrogen-bond donors (Lipinski definition) is 3. The van der Waals surface area contributed by atoms with Gasteiger partial charge in [0.2, 0.25) is 5.91 Å². The molecule has 0 aromatic heterocycles. The fraction of sp³-hybridized carbons (Fsp3) is 0.312. The molecule has 8 nitrogen and oxygen atoms in total. The Morgan fingerprint density at radius 2 is 1.79 bits per heavy atom. The van der Waals surface area contributed by atoms with Crippen LogP contribution >= 0.6 is 0 Å². The molecular formula is C32H31F3N2O6. The lowest BCUT2D eigenvalue weighted by molar-refractivity contribution is -0.137. The van der Waals surface area contributed by atoms with E-state index in [4.69, 9.17) is 9.47 Å². The van der Waals surface area contributed by atoms with E-state index in [0.717, 1.165) is 29.8 Å². The highest BCUT2D eigenvalue weighted by molar-refractivity contribution is 5.97. The molecule has 0 spiro atoms. The molecule has 2 aliphatic rings. The van der Waals surface area contributed by atoms with Crippen molar-refractivity contribution in [1.82, 2.24) is 10.2 Å². The fourth-order valence-corrected chi connectivity index (χ4v) is 5.62. The summed E-state index contributed by atoms with van der Waals surface area (Å²) < 4.78 is 51.1. The van der Waals surface area contributed by atoms with Crippen LogP contribution in [0.5, 0.6) is 11.5 Å². The van der Waals surface area contributed by atoms with Crippen LogP contribution in [0.4, 0.5) is 13.2 Å². The molecule has 4 unspecified atom stereocenters. The maximum Gasteiger partial charge on any atom is 0.416 e. The second kappa shape index (κ2) is 12.5. The molecule has 226 valence electrons. The number of rotatable bonds is 9. The van der Waals surface area contributed by atoms with E-state index >= 15 is 0 Å². The number of aliphatic hydroxyl groups excluding tert-OH is 2. The van der Waals surface area contributed by atoms with Crippen molar-refractivity contribution in [3.63, 3.8) is 0 Å². The van der Waals surface area contributed by atoms with E-state index in [0.29, 0.717) is 23.5 Å². The first-order valence-electron chi connectivity index (χ1n) is 13.8. The van der Waals surface area contributed by atoms with Crippen LogP contribution in [0.2, 0.25) is 0 Å². The Bertz CT molecular complexity index is 1510. The zero-order valence-electron chi connectivity index (χ0n) is 23.3. The molecule has 1 heterocycles. The SMILES string of the molecule is COc1cccc(CCN(C(=O)c2ccc(C(F)(F)F)cc2)C2C=C(C(=O)NCCO)C3c4ccccc4OC3C2O)c1. The molecule has 0 saturated heterocycles. The van der Waals surface area contributed by atoms with Crippen molar-refractivity contribution in [2.45, 2.75) is 36.8 Å². The van der Waals surface area contributed by atoms with E-state index in [-0.39, 0.29) is 30.8 Å². The van der Waals surface area contributed by atoms with E-state index in [1.807, 2.05) is 6.07 Å². The van der Waals surface area contributed by atoms with Gasteiger partial charge in [-0.25, -0.2) is 0 Å². The smallest absolute Gasteiger partial charge is 0.416 e. The number of benzene rings is 3. The molecule has 3 aromatic carbocycles. The van der Waals surface area contributed by atoms with Crippen LogP contribution in [0.3, 0.4) is 0 Å². The third-order valence-electron chi connectivity index (χ3n) is 7.73. The highest BCUT2D eigenvalue weighted by Gasteiger charge is 2.50. The van der Waals surface area contributed by atoms with E-state index in [9.17, 15) is 33.0 Å². The summed E-state index contributed by atoms with van der Waals surface area (Å²) in [6.45, 7) is -0.236. The van der Waals surface area contributed by atoms with Crippen LogP contribution in [0.25, 0.3) is 0 Å². The molecule has 4 atom stereocenters. The van der Waals surface area contributed by atoms with Crippen molar-refractivity contribution < 1.29 is 42.4 Å². The summed E-state index contributed by atoms with van der Waals surface area (Å²) in [5, 5.41) is 23.6. The summed E-state index contributed by atoms with van der Waals surface area (Å²) in [4.78, 5) is 28.7. The molecule has 0 fully saturated rings. The van der Waals surface area contributed by atoms with Gasteiger partial charge in [0.05, 0.1) is 31.2 Å². The van der Waals surface area contributed by atoms with Gasteiger partial charge in [0.15, 0.2) is 0 Å². The Hall–Kier alpha value is -4.35. The third kappa shape index (κ3) is 6.23. The number of nitrogens with zero attached hydrogens (tertiary/aromatic N) is 1. The quantitative estimate of drug-likeness (QED) is 0.348. The number of carbonyl (C=O) groups is 2. The van der Waals surface area contributed by atoms with Crippen molar-refractivity contribution in [3.05, 3.63) is 107 Å². The Labute approximate surface area is 246 Å². The van der Waals surface area contributed by atoms with Crippen LogP contribution in [-0.2, 0) is 17.4 Å². The van der Waals surface area contributed by atoms with Gasteiger partial charge in [0.1, 0.15) is 23.7 Å². The number of aliphatic hydroxyl groups is 2. The maximum atomic E-state index is 14.0. The number of amides is 2. The molecule has 0 radical (unpaired) electrons. The molecule has 3 N–H and O–H groups in total. The number of para-hydroxylation sites is 1. The Balaban J connectivity index is 1.55. The van der Waals surface area contributed by atoms with E-state index in [2.05, 4.69) is 5.32 Å². The molecule has 43 heavy (non-hydrogen) atoms. The number of nitrogens with one attached hydrogen (secondary N) is 1. The standard InChI is InChI=1S/C32H31F3N2O6/c1-42-22-6-4-5-19(17-22)13-15-37(31(41)20-9-11-21(12-10-20)32(33,34)35)25-18-24(30(40)36-14-16-38)27-23-7-2-3-8-26(23)43-29(27)28(25)39/h2-12,17-18,25,27-29,38-39H,13-16H2,1H3,(H,36,40). The summed E-state index contributed by atoms with van der Waals surface area (Å²) in [6, 6.07) is 17.1. The summed E-state index contributed by atoms with van der Waals surface area (Å²) >= 11 is 0. The lowest BCUT2D eigenvalue weighted by Crippen LogP contribution is -2.56. The number of hydrogen-bond acceptors (Lipinski definition) is 6.